The minimum absolute atomic E-state index is 0.00252. The Bertz CT molecular complexity index is 1490. The normalized spacial score (nSPS) is 11.4. The first-order valence-electron chi connectivity index (χ1n) is 11.4. The van der Waals surface area contributed by atoms with Gasteiger partial charge in [-0.2, -0.15) is 0 Å². The Morgan fingerprint density at radius 3 is 1.61 bits per heavy atom. The Hall–Kier alpha value is -3.07. The van der Waals surface area contributed by atoms with Gasteiger partial charge in [-0.05, 0) is 83.9 Å². The van der Waals surface area contributed by atoms with Crippen molar-refractivity contribution in [3.63, 3.8) is 0 Å². The smallest absolute Gasteiger partial charge is 0.269 e. The van der Waals surface area contributed by atoms with Crippen molar-refractivity contribution in [1.82, 2.24) is 9.42 Å². The van der Waals surface area contributed by atoms with Crippen LogP contribution in [0.5, 0.6) is 5.75 Å². The number of rotatable bonds is 9. The summed E-state index contributed by atoms with van der Waals surface area (Å²) in [5.41, 5.74) is 1.59. The zero-order chi connectivity index (χ0) is 27.3. The molecule has 1 amide bonds. The summed E-state index contributed by atoms with van der Waals surface area (Å²) in [7, 11) is -2.73. The van der Waals surface area contributed by atoms with E-state index >= 15 is 0 Å². The molecule has 10 heteroatoms. The summed E-state index contributed by atoms with van der Waals surface area (Å²) in [5, 5.41) is 2.69. The molecule has 6 nitrogen and oxygen atoms in total. The van der Waals surface area contributed by atoms with Crippen LogP contribution in [-0.2, 0) is 23.1 Å². The van der Waals surface area contributed by atoms with Gasteiger partial charge in [-0.1, -0.05) is 59.1 Å². The predicted octanol–water partition coefficient (Wildman–Crippen LogP) is 7.10. The molecular formula is C28H23Cl3N2O4S. The quantitative estimate of drug-likeness (QED) is 0.195. The topological polar surface area (TPSA) is 66.9 Å². The van der Waals surface area contributed by atoms with Crippen molar-refractivity contribution in [2.24, 2.45) is 0 Å². The van der Waals surface area contributed by atoms with Crippen LogP contribution in [0.15, 0.2) is 102 Å². The van der Waals surface area contributed by atoms with Crippen LogP contribution in [-0.4, -0.2) is 30.9 Å². The second-order valence-corrected chi connectivity index (χ2v) is 11.4. The monoisotopic (exact) mass is 588 g/mol. The maximum atomic E-state index is 14.1. The molecule has 0 fully saturated rings. The minimum Gasteiger partial charge on any atom is -0.497 e. The maximum absolute atomic E-state index is 14.1. The second kappa shape index (κ2) is 12.2. The van der Waals surface area contributed by atoms with Crippen LogP contribution in [0.25, 0.3) is 0 Å². The molecule has 0 saturated carbocycles. The Morgan fingerprint density at radius 1 is 0.684 bits per heavy atom. The molecule has 0 aliphatic heterocycles. The largest absolute Gasteiger partial charge is 0.497 e. The van der Waals surface area contributed by atoms with E-state index in [2.05, 4.69) is 0 Å². The molecule has 0 saturated heterocycles. The van der Waals surface area contributed by atoms with Crippen LogP contribution in [0.2, 0.25) is 15.1 Å². The first-order chi connectivity index (χ1) is 18.2. The van der Waals surface area contributed by atoms with Crippen molar-refractivity contribution >= 4 is 50.7 Å². The lowest BCUT2D eigenvalue weighted by atomic mass is 10.2. The van der Waals surface area contributed by atoms with E-state index in [1.807, 2.05) is 0 Å². The summed E-state index contributed by atoms with van der Waals surface area (Å²) >= 11 is 18.2. The van der Waals surface area contributed by atoms with E-state index in [1.165, 1.54) is 24.3 Å². The van der Waals surface area contributed by atoms with E-state index in [4.69, 9.17) is 39.5 Å². The Kier molecular flexibility index (Phi) is 8.97. The maximum Gasteiger partial charge on any atom is 0.269 e. The number of methoxy groups -OCH3 is 1. The number of carbonyl (C=O) groups excluding carboxylic acids is 1. The van der Waals surface area contributed by atoms with Crippen molar-refractivity contribution in [2.75, 3.05) is 7.11 Å². The third-order valence-corrected chi connectivity index (χ3v) is 8.21. The number of sulfonamides is 1. The molecule has 0 spiro atoms. The Labute approximate surface area is 236 Å². The van der Waals surface area contributed by atoms with Crippen LogP contribution in [0.4, 0.5) is 0 Å². The summed E-state index contributed by atoms with van der Waals surface area (Å²) in [6, 6.07) is 25.9. The zero-order valence-corrected chi connectivity index (χ0v) is 23.3. The predicted molar refractivity (Wildman–Crippen MR) is 150 cm³/mol. The average molecular weight is 590 g/mol. The minimum atomic E-state index is -4.23. The molecule has 0 heterocycles. The van der Waals surface area contributed by atoms with Crippen molar-refractivity contribution in [1.29, 1.82) is 0 Å². The van der Waals surface area contributed by atoms with Gasteiger partial charge in [-0.15, -0.1) is 4.41 Å². The Morgan fingerprint density at radius 2 is 1.13 bits per heavy atom. The molecule has 0 N–H and O–H groups in total. The van der Waals surface area contributed by atoms with Gasteiger partial charge in [0.1, 0.15) is 5.75 Å². The number of hydrazine groups is 1. The number of benzene rings is 4. The summed E-state index contributed by atoms with van der Waals surface area (Å²) in [5.74, 6) is -0.0221. The van der Waals surface area contributed by atoms with Gasteiger partial charge in [-0.25, -0.2) is 8.42 Å². The van der Waals surface area contributed by atoms with Gasteiger partial charge >= 0.3 is 0 Å². The van der Waals surface area contributed by atoms with E-state index < -0.39 is 15.9 Å². The van der Waals surface area contributed by atoms with Gasteiger partial charge in [0.2, 0.25) is 0 Å². The fraction of sp³-hybridized carbons (Fsp3) is 0.107. The molecule has 0 bridgehead atoms. The number of nitrogens with zero attached hydrogens (tertiary/aromatic N) is 2. The van der Waals surface area contributed by atoms with E-state index in [-0.39, 0.29) is 23.5 Å². The third-order valence-electron chi connectivity index (χ3n) is 5.71. The highest BCUT2D eigenvalue weighted by Gasteiger charge is 2.34. The van der Waals surface area contributed by atoms with Gasteiger partial charge in [0, 0.05) is 20.6 Å². The molecule has 0 aromatic heterocycles. The molecule has 4 rings (SSSR count). The summed E-state index contributed by atoms with van der Waals surface area (Å²) in [6.07, 6.45) is 0. The lowest BCUT2D eigenvalue weighted by Crippen LogP contribution is -2.48. The molecule has 0 unspecified atom stereocenters. The fourth-order valence-corrected chi connectivity index (χ4v) is 5.48. The lowest BCUT2D eigenvalue weighted by Gasteiger charge is -2.34. The summed E-state index contributed by atoms with van der Waals surface area (Å²) in [6.45, 7) is -0.167. The van der Waals surface area contributed by atoms with Crippen molar-refractivity contribution in [3.05, 3.63) is 129 Å². The van der Waals surface area contributed by atoms with E-state index in [1.54, 1.807) is 84.9 Å². The van der Waals surface area contributed by atoms with Gasteiger partial charge in [0.15, 0.2) is 0 Å². The highest BCUT2D eigenvalue weighted by Crippen LogP contribution is 2.27. The van der Waals surface area contributed by atoms with Gasteiger partial charge < -0.3 is 4.74 Å². The number of hydrogen-bond acceptors (Lipinski definition) is 4. The van der Waals surface area contributed by atoms with Crippen LogP contribution < -0.4 is 4.74 Å². The summed E-state index contributed by atoms with van der Waals surface area (Å²) in [4.78, 5) is 13.9. The van der Waals surface area contributed by atoms with Crippen LogP contribution in [0.3, 0.4) is 0 Å². The van der Waals surface area contributed by atoms with E-state index in [0.717, 1.165) is 4.41 Å². The third kappa shape index (κ3) is 6.67. The molecule has 0 atom stereocenters. The van der Waals surface area contributed by atoms with Crippen molar-refractivity contribution < 1.29 is 17.9 Å². The molecular weight excluding hydrogens is 567 g/mol. The molecule has 0 aliphatic carbocycles. The van der Waals surface area contributed by atoms with Crippen LogP contribution in [0.1, 0.15) is 21.5 Å². The number of hydrogen-bond donors (Lipinski definition) is 0. The zero-order valence-electron chi connectivity index (χ0n) is 20.2. The first kappa shape index (κ1) is 28.0. The average Bonchev–Trinajstić information content (AvgIpc) is 2.92. The summed E-state index contributed by atoms with van der Waals surface area (Å²) < 4.78 is 34.5. The Balaban J connectivity index is 1.84. The first-order valence-corrected chi connectivity index (χ1v) is 14.0. The van der Waals surface area contributed by atoms with Gasteiger partial charge in [0.25, 0.3) is 15.9 Å². The highest BCUT2D eigenvalue weighted by molar-refractivity contribution is 7.89. The second-order valence-electron chi connectivity index (χ2n) is 8.28. The lowest BCUT2D eigenvalue weighted by molar-refractivity contribution is 0.0281. The van der Waals surface area contributed by atoms with E-state index in [9.17, 15) is 13.2 Å². The van der Waals surface area contributed by atoms with E-state index in [0.29, 0.717) is 31.9 Å². The fourth-order valence-electron chi connectivity index (χ4n) is 3.67. The SMILES string of the molecule is COc1ccc(S(=O)(=O)N(Cc2ccc(Cl)cc2)N(Cc2ccc(Cl)cc2)C(=O)c2ccc(Cl)cc2)cc1. The van der Waals surface area contributed by atoms with Crippen molar-refractivity contribution in [3.8, 4) is 5.75 Å². The van der Waals surface area contributed by atoms with Crippen LogP contribution >= 0.6 is 34.8 Å². The van der Waals surface area contributed by atoms with Crippen LogP contribution in [0, 0.1) is 0 Å². The molecule has 0 aliphatic rings. The number of amides is 1. The van der Waals surface area contributed by atoms with Gasteiger partial charge in [-0.3, -0.25) is 9.80 Å². The molecule has 38 heavy (non-hydrogen) atoms. The molecule has 196 valence electrons. The standard InChI is InChI=1S/C28H23Cl3N2O4S/c1-37-26-14-16-27(17-15-26)38(35,36)33(19-21-4-10-24(30)11-5-21)32(18-20-2-8-23(29)9-3-20)28(34)22-6-12-25(31)13-7-22/h2-17H,18-19H2,1H3. The van der Waals surface area contributed by atoms with Gasteiger partial charge in [0.05, 0.1) is 25.1 Å². The number of ether oxygens (including phenoxy) is 1. The van der Waals surface area contributed by atoms with Crippen molar-refractivity contribution in [2.45, 2.75) is 18.0 Å². The molecule has 4 aromatic carbocycles. The number of carbonyl (C=O) groups is 1. The molecule has 0 radical (unpaired) electrons. The highest BCUT2D eigenvalue weighted by atomic mass is 35.5. The number of halogens is 3. The molecule has 4 aromatic rings.